The zero-order valence-corrected chi connectivity index (χ0v) is 14.3. The molecule has 1 N–H and O–H groups in total. The minimum absolute atomic E-state index is 0.113. The van der Waals surface area contributed by atoms with Gasteiger partial charge in [-0.1, -0.05) is 0 Å². The van der Waals surface area contributed by atoms with Gasteiger partial charge in [-0.25, -0.2) is 34.8 Å². The number of hydrogen-bond acceptors (Lipinski definition) is 3. The van der Waals surface area contributed by atoms with Gasteiger partial charge in [-0.3, -0.25) is 4.72 Å². The maximum atomic E-state index is 13.7. The van der Waals surface area contributed by atoms with Crippen LogP contribution in [0.5, 0.6) is 5.75 Å². The molecule has 0 aromatic heterocycles. The molecular formula is C13H6BrF6NO3S. The van der Waals surface area contributed by atoms with Gasteiger partial charge in [-0.05, 0) is 22.0 Å². The number of nitrogens with one attached hydrogen (secondary N) is 1. The SMILES string of the molecule is COc1cc(Br)c(NS(=O)(=O)c2c(F)c(F)c(F)c(F)c2F)cc1F. The van der Waals surface area contributed by atoms with Crippen molar-refractivity contribution in [2.45, 2.75) is 4.90 Å². The first-order valence-corrected chi connectivity index (χ1v) is 8.36. The molecule has 0 aliphatic carbocycles. The minimum Gasteiger partial charge on any atom is -0.494 e. The molecule has 12 heteroatoms. The van der Waals surface area contributed by atoms with Crippen LogP contribution in [0.15, 0.2) is 21.5 Å². The van der Waals surface area contributed by atoms with Crippen LogP contribution in [-0.2, 0) is 10.0 Å². The molecule has 2 aromatic carbocycles. The van der Waals surface area contributed by atoms with Crippen LogP contribution in [0.3, 0.4) is 0 Å². The normalized spacial score (nSPS) is 11.5. The van der Waals surface area contributed by atoms with Crippen molar-refractivity contribution >= 4 is 31.6 Å². The number of hydrogen-bond donors (Lipinski definition) is 1. The van der Waals surface area contributed by atoms with E-state index in [4.69, 9.17) is 0 Å². The fraction of sp³-hybridized carbons (Fsp3) is 0.0769. The maximum absolute atomic E-state index is 13.7. The summed E-state index contributed by atoms with van der Waals surface area (Å²) in [6.45, 7) is 0. The number of sulfonamides is 1. The molecule has 0 spiro atoms. The van der Waals surface area contributed by atoms with Crippen LogP contribution in [0.4, 0.5) is 32.0 Å². The molecule has 2 aromatic rings. The van der Waals surface area contributed by atoms with Gasteiger partial charge in [-0.2, -0.15) is 0 Å². The van der Waals surface area contributed by atoms with E-state index >= 15 is 0 Å². The molecule has 0 fully saturated rings. The quantitative estimate of drug-likeness (QED) is 0.434. The predicted octanol–water partition coefficient (Wildman–Crippen LogP) is 4.09. The molecule has 0 unspecified atom stereocenters. The average molecular weight is 450 g/mol. The van der Waals surface area contributed by atoms with Gasteiger partial charge in [-0.15, -0.1) is 0 Å². The first-order valence-electron chi connectivity index (χ1n) is 6.08. The Morgan fingerprint density at radius 3 is 1.88 bits per heavy atom. The van der Waals surface area contributed by atoms with Crippen LogP contribution in [0.25, 0.3) is 0 Å². The lowest BCUT2D eigenvalue weighted by Crippen LogP contribution is -2.20. The van der Waals surface area contributed by atoms with Crippen molar-refractivity contribution in [1.29, 1.82) is 0 Å². The van der Waals surface area contributed by atoms with Gasteiger partial charge in [0.1, 0.15) is 0 Å². The molecular weight excluding hydrogens is 444 g/mol. The van der Waals surface area contributed by atoms with Crippen molar-refractivity contribution in [2.24, 2.45) is 0 Å². The van der Waals surface area contributed by atoms with Crippen LogP contribution >= 0.6 is 15.9 Å². The highest BCUT2D eigenvalue weighted by molar-refractivity contribution is 9.10. The Bertz CT molecular complexity index is 938. The predicted molar refractivity (Wildman–Crippen MR) is 77.7 cm³/mol. The van der Waals surface area contributed by atoms with E-state index in [0.29, 0.717) is 6.07 Å². The van der Waals surface area contributed by atoms with E-state index in [1.165, 1.54) is 0 Å². The number of rotatable bonds is 4. The lowest BCUT2D eigenvalue weighted by atomic mass is 10.3. The highest BCUT2D eigenvalue weighted by atomic mass is 79.9. The summed E-state index contributed by atoms with van der Waals surface area (Å²) in [6.07, 6.45) is 0. The Hall–Kier alpha value is -1.95. The highest BCUT2D eigenvalue weighted by Gasteiger charge is 2.34. The van der Waals surface area contributed by atoms with Crippen molar-refractivity contribution in [3.05, 3.63) is 51.5 Å². The summed E-state index contributed by atoms with van der Waals surface area (Å²) in [5, 5.41) is 0. The highest BCUT2D eigenvalue weighted by Crippen LogP contribution is 2.33. The van der Waals surface area contributed by atoms with Crippen molar-refractivity contribution in [1.82, 2.24) is 0 Å². The van der Waals surface area contributed by atoms with E-state index in [-0.39, 0.29) is 10.2 Å². The standard InChI is InChI=1S/C13H6BrF6NO3S/c1-24-7-2-4(14)6(3-5(7)15)21-25(22,23)13-11(19)9(17)8(16)10(18)12(13)20/h2-3,21H,1H3. The molecule has 0 bridgehead atoms. The molecule has 0 saturated carbocycles. The Morgan fingerprint density at radius 1 is 0.920 bits per heavy atom. The average Bonchev–Trinajstić information content (AvgIpc) is 2.53. The molecule has 136 valence electrons. The largest absolute Gasteiger partial charge is 0.494 e. The molecule has 0 amide bonds. The number of methoxy groups -OCH3 is 1. The van der Waals surface area contributed by atoms with Gasteiger partial charge in [0.05, 0.1) is 12.8 Å². The summed E-state index contributed by atoms with van der Waals surface area (Å²) < 4.78 is 110. The number of ether oxygens (including phenoxy) is 1. The summed E-state index contributed by atoms with van der Waals surface area (Å²) in [4.78, 5) is -2.09. The van der Waals surface area contributed by atoms with E-state index in [1.54, 1.807) is 4.72 Å². The zero-order valence-electron chi connectivity index (χ0n) is 11.9. The Labute approximate surface area is 145 Å². The molecule has 0 atom stereocenters. The lowest BCUT2D eigenvalue weighted by molar-refractivity contribution is 0.358. The second kappa shape index (κ2) is 6.75. The Morgan fingerprint density at radius 2 is 1.40 bits per heavy atom. The van der Waals surface area contributed by atoms with Crippen molar-refractivity contribution in [3.63, 3.8) is 0 Å². The van der Waals surface area contributed by atoms with Gasteiger partial charge in [0.15, 0.2) is 39.7 Å². The van der Waals surface area contributed by atoms with Crippen molar-refractivity contribution in [3.8, 4) is 5.75 Å². The summed E-state index contributed by atoms with van der Waals surface area (Å²) in [6, 6.07) is 1.58. The molecule has 25 heavy (non-hydrogen) atoms. The van der Waals surface area contributed by atoms with E-state index in [9.17, 15) is 34.8 Å². The summed E-state index contributed by atoms with van der Waals surface area (Å²) in [7, 11) is -4.15. The van der Waals surface area contributed by atoms with Gasteiger partial charge in [0.2, 0.25) is 5.82 Å². The fourth-order valence-corrected chi connectivity index (χ4v) is 3.54. The number of halogens is 7. The topological polar surface area (TPSA) is 55.4 Å². The van der Waals surface area contributed by atoms with Crippen LogP contribution in [0, 0.1) is 34.9 Å². The molecule has 0 aliphatic rings. The van der Waals surface area contributed by atoms with E-state index < -0.39 is 55.5 Å². The second-order valence-electron chi connectivity index (χ2n) is 4.47. The van der Waals surface area contributed by atoms with Gasteiger partial charge in [0.25, 0.3) is 10.0 Å². The molecule has 0 aliphatic heterocycles. The molecule has 2 rings (SSSR count). The third-order valence-corrected chi connectivity index (χ3v) is 4.96. The minimum atomic E-state index is -5.28. The van der Waals surface area contributed by atoms with Gasteiger partial charge < -0.3 is 4.74 Å². The summed E-state index contributed by atoms with van der Waals surface area (Å²) >= 11 is 2.86. The number of benzene rings is 2. The van der Waals surface area contributed by atoms with Gasteiger partial charge >= 0.3 is 0 Å². The first kappa shape index (κ1) is 19.4. The van der Waals surface area contributed by atoms with Crippen LogP contribution in [0.1, 0.15) is 0 Å². The fourth-order valence-electron chi connectivity index (χ4n) is 1.78. The Kier molecular flexibility index (Phi) is 5.23. The first-order chi connectivity index (χ1) is 11.5. The molecule has 4 nitrogen and oxygen atoms in total. The van der Waals surface area contributed by atoms with Gasteiger partial charge in [0, 0.05) is 10.5 Å². The second-order valence-corrected chi connectivity index (χ2v) is 6.94. The van der Waals surface area contributed by atoms with Crippen LogP contribution in [0.2, 0.25) is 0 Å². The third-order valence-electron chi connectivity index (χ3n) is 2.92. The van der Waals surface area contributed by atoms with Crippen molar-refractivity contribution < 1.29 is 39.5 Å². The summed E-state index contributed by atoms with van der Waals surface area (Å²) in [5.41, 5.74) is -0.553. The van der Waals surface area contributed by atoms with E-state index in [2.05, 4.69) is 20.7 Å². The lowest BCUT2D eigenvalue weighted by Gasteiger charge is -2.13. The monoisotopic (exact) mass is 449 g/mol. The third kappa shape index (κ3) is 3.40. The molecule has 0 saturated heterocycles. The van der Waals surface area contributed by atoms with E-state index in [1.807, 2.05) is 0 Å². The molecule has 0 heterocycles. The number of anilines is 1. The van der Waals surface area contributed by atoms with Crippen LogP contribution in [-0.4, -0.2) is 15.5 Å². The maximum Gasteiger partial charge on any atom is 0.268 e. The van der Waals surface area contributed by atoms with E-state index in [0.717, 1.165) is 13.2 Å². The van der Waals surface area contributed by atoms with Crippen LogP contribution < -0.4 is 9.46 Å². The molecule has 0 radical (unpaired) electrons. The zero-order chi connectivity index (χ0) is 19.1. The Balaban J connectivity index is 2.61. The summed E-state index contributed by atoms with van der Waals surface area (Å²) in [5.74, 6) is -13.8. The van der Waals surface area contributed by atoms with Crippen molar-refractivity contribution in [2.75, 3.05) is 11.8 Å². The smallest absolute Gasteiger partial charge is 0.268 e.